The van der Waals surface area contributed by atoms with Crippen LogP contribution in [-0.2, 0) is 14.4 Å². The lowest BCUT2D eigenvalue weighted by atomic mass is 10.0. The van der Waals surface area contributed by atoms with E-state index >= 15 is 0 Å². The number of fused-ring (bicyclic) bond motifs is 1. The molecular weight excluding hydrogens is 445 g/mol. The minimum absolute atomic E-state index is 0.0860. The third-order valence-electron chi connectivity index (χ3n) is 5.69. The molecule has 5 rings (SSSR count). The highest BCUT2D eigenvalue weighted by Gasteiger charge is 2.40. The predicted molar refractivity (Wildman–Crippen MR) is 134 cm³/mol. The van der Waals surface area contributed by atoms with Gasteiger partial charge in [-0.3, -0.25) is 14.4 Å². The van der Waals surface area contributed by atoms with E-state index in [-0.39, 0.29) is 22.9 Å². The molecule has 0 aromatic heterocycles. The topological polar surface area (TPSA) is 78.5 Å². The van der Waals surface area contributed by atoms with E-state index < -0.39 is 17.6 Å². The van der Waals surface area contributed by atoms with Crippen LogP contribution in [-0.4, -0.2) is 17.7 Å². The van der Waals surface area contributed by atoms with Crippen molar-refractivity contribution in [1.29, 1.82) is 0 Å². The van der Waals surface area contributed by atoms with Crippen molar-refractivity contribution in [3.63, 3.8) is 0 Å². The Morgan fingerprint density at radius 3 is 2.29 bits per heavy atom. The Balaban J connectivity index is 1.63. The minimum Gasteiger partial charge on any atom is -0.350 e. The normalized spacial score (nSPS) is 13.5. The van der Waals surface area contributed by atoms with Gasteiger partial charge < -0.3 is 10.6 Å². The van der Waals surface area contributed by atoms with Crippen LogP contribution in [0.4, 0.5) is 21.5 Å². The number of benzene rings is 4. The molecular formula is C28H20FN3O3. The molecule has 0 fully saturated rings. The summed E-state index contributed by atoms with van der Waals surface area (Å²) in [5.41, 5.74) is 2.09. The van der Waals surface area contributed by atoms with Crippen LogP contribution in [0.2, 0.25) is 0 Å². The molecule has 1 aliphatic rings. The first-order chi connectivity index (χ1) is 16.9. The van der Waals surface area contributed by atoms with Gasteiger partial charge in [-0.25, -0.2) is 9.29 Å². The number of hydrogen-bond acceptors (Lipinski definition) is 4. The van der Waals surface area contributed by atoms with Crippen LogP contribution >= 0.6 is 0 Å². The van der Waals surface area contributed by atoms with E-state index in [0.29, 0.717) is 16.9 Å². The zero-order chi connectivity index (χ0) is 24.5. The maximum atomic E-state index is 13.9. The van der Waals surface area contributed by atoms with Crippen LogP contribution in [0.25, 0.3) is 16.3 Å². The lowest BCUT2D eigenvalue weighted by Crippen LogP contribution is -2.32. The number of halogens is 1. The Kier molecular flexibility index (Phi) is 5.58. The van der Waals surface area contributed by atoms with Gasteiger partial charge in [0.2, 0.25) is 5.91 Å². The van der Waals surface area contributed by atoms with Gasteiger partial charge in [0, 0.05) is 23.7 Å². The Labute approximate surface area is 200 Å². The Hall–Kier alpha value is -4.78. The van der Waals surface area contributed by atoms with E-state index in [4.69, 9.17) is 0 Å². The van der Waals surface area contributed by atoms with Crippen LogP contribution in [0.15, 0.2) is 96.7 Å². The van der Waals surface area contributed by atoms with Crippen LogP contribution in [0, 0.1) is 5.82 Å². The van der Waals surface area contributed by atoms with Crippen molar-refractivity contribution in [2.75, 3.05) is 15.5 Å². The molecule has 3 amide bonds. The summed E-state index contributed by atoms with van der Waals surface area (Å²) < 4.78 is 13.9. The molecule has 35 heavy (non-hydrogen) atoms. The lowest BCUT2D eigenvalue weighted by Gasteiger charge is -2.16. The molecule has 1 aliphatic heterocycles. The largest absolute Gasteiger partial charge is 0.350 e. The monoisotopic (exact) mass is 465 g/mol. The molecule has 2 N–H and O–H groups in total. The first-order valence-electron chi connectivity index (χ1n) is 10.9. The van der Waals surface area contributed by atoms with E-state index in [1.54, 1.807) is 24.3 Å². The molecule has 172 valence electrons. The second-order valence-corrected chi connectivity index (χ2v) is 8.09. The van der Waals surface area contributed by atoms with Gasteiger partial charge >= 0.3 is 0 Å². The highest BCUT2D eigenvalue weighted by molar-refractivity contribution is 6.46. The quantitative estimate of drug-likeness (QED) is 0.391. The minimum atomic E-state index is -0.588. The maximum Gasteiger partial charge on any atom is 0.282 e. The zero-order valence-corrected chi connectivity index (χ0v) is 18.7. The molecule has 0 spiro atoms. The number of carbonyl (C=O) groups excluding carboxylic acids is 3. The van der Waals surface area contributed by atoms with Crippen molar-refractivity contribution in [1.82, 2.24) is 0 Å². The molecule has 4 aromatic carbocycles. The second kappa shape index (κ2) is 8.87. The van der Waals surface area contributed by atoms with Crippen molar-refractivity contribution < 1.29 is 18.8 Å². The average Bonchev–Trinajstić information content (AvgIpc) is 3.08. The molecule has 4 aromatic rings. The molecule has 0 saturated heterocycles. The Morgan fingerprint density at radius 2 is 1.54 bits per heavy atom. The highest BCUT2D eigenvalue weighted by atomic mass is 19.1. The van der Waals surface area contributed by atoms with Gasteiger partial charge in [-0.15, -0.1) is 0 Å². The third-order valence-corrected chi connectivity index (χ3v) is 5.69. The highest BCUT2D eigenvalue weighted by Crippen LogP contribution is 2.35. The van der Waals surface area contributed by atoms with Gasteiger partial charge in [-0.2, -0.15) is 0 Å². The van der Waals surface area contributed by atoms with Gasteiger partial charge in [-0.05, 0) is 47.3 Å². The first-order valence-corrected chi connectivity index (χ1v) is 10.9. The van der Waals surface area contributed by atoms with E-state index in [9.17, 15) is 18.8 Å². The molecule has 0 aliphatic carbocycles. The summed E-state index contributed by atoms with van der Waals surface area (Å²) in [4.78, 5) is 39.5. The Bertz CT molecular complexity index is 1520. The number of carbonyl (C=O) groups is 3. The fourth-order valence-corrected chi connectivity index (χ4v) is 4.16. The molecule has 7 heteroatoms. The van der Waals surface area contributed by atoms with Crippen LogP contribution in [0.5, 0.6) is 0 Å². The van der Waals surface area contributed by atoms with Crippen LogP contribution in [0.3, 0.4) is 0 Å². The van der Waals surface area contributed by atoms with Gasteiger partial charge in [0.15, 0.2) is 0 Å². The van der Waals surface area contributed by atoms with E-state index in [1.165, 1.54) is 25.1 Å². The number of anilines is 3. The zero-order valence-electron chi connectivity index (χ0n) is 18.7. The summed E-state index contributed by atoms with van der Waals surface area (Å²) in [7, 11) is 0. The van der Waals surface area contributed by atoms with Crippen molar-refractivity contribution >= 4 is 51.1 Å². The van der Waals surface area contributed by atoms with E-state index in [1.807, 2.05) is 42.5 Å². The molecule has 1 heterocycles. The lowest BCUT2D eigenvalue weighted by molar-refractivity contribution is -0.120. The van der Waals surface area contributed by atoms with Crippen molar-refractivity contribution in [3.8, 4) is 0 Å². The van der Waals surface area contributed by atoms with Gasteiger partial charge in [0.25, 0.3) is 11.8 Å². The molecule has 0 bridgehead atoms. The molecule has 0 saturated carbocycles. The molecule has 0 unspecified atom stereocenters. The fraction of sp³-hybridized carbons (Fsp3) is 0.0357. The van der Waals surface area contributed by atoms with Crippen molar-refractivity contribution in [3.05, 3.63) is 108 Å². The average molecular weight is 465 g/mol. The SMILES string of the molecule is CC(=O)Nc1ccc(C2=C(Nc3cccc4ccccc34)C(=O)N(c3cccc(F)c3)C2=O)cc1. The summed E-state index contributed by atoms with van der Waals surface area (Å²) in [5.74, 6) is -1.94. The van der Waals surface area contributed by atoms with Crippen LogP contribution < -0.4 is 15.5 Å². The number of amides is 3. The second-order valence-electron chi connectivity index (χ2n) is 8.09. The van der Waals surface area contributed by atoms with Gasteiger partial charge in [0.05, 0.1) is 11.3 Å². The maximum absolute atomic E-state index is 13.9. The van der Waals surface area contributed by atoms with Gasteiger partial charge in [-0.1, -0.05) is 54.6 Å². The number of hydrogen-bond donors (Lipinski definition) is 2. The van der Waals surface area contributed by atoms with Crippen LogP contribution in [0.1, 0.15) is 12.5 Å². The number of nitrogens with zero attached hydrogens (tertiary/aromatic N) is 1. The molecule has 6 nitrogen and oxygen atoms in total. The molecule has 0 atom stereocenters. The smallest absolute Gasteiger partial charge is 0.282 e. The predicted octanol–water partition coefficient (Wildman–Crippen LogP) is 5.33. The van der Waals surface area contributed by atoms with Gasteiger partial charge in [0.1, 0.15) is 11.5 Å². The Morgan fingerprint density at radius 1 is 0.829 bits per heavy atom. The number of rotatable bonds is 5. The summed E-state index contributed by atoms with van der Waals surface area (Å²) in [6.07, 6.45) is 0. The molecule has 0 radical (unpaired) electrons. The fourth-order valence-electron chi connectivity index (χ4n) is 4.16. The number of imide groups is 1. The van der Waals surface area contributed by atoms with Crippen molar-refractivity contribution in [2.24, 2.45) is 0 Å². The summed E-state index contributed by atoms with van der Waals surface area (Å²) in [6, 6.07) is 25.3. The number of nitrogens with one attached hydrogen (secondary N) is 2. The summed E-state index contributed by atoms with van der Waals surface area (Å²) in [5, 5.41) is 7.71. The van der Waals surface area contributed by atoms with E-state index in [2.05, 4.69) is 10.6 Å². The summed E-state index contributed by atoms with van der Waals surface area (Å²) in [6.45, 7) is 1.40. The third kappa shape index (κ3) is 4.15. The first kappa shape index (κ1) is 22.0. The van der Waals surface area contributed by atoms with Crippen molar-refractivity contribution in [2.45, 2.75) is 6.92 Å². The van der Waals surface area contributed by atoms with E-state index in [0.717, 1.165) is 21.7 Å². The summed E-state index contributed by atoms with van der Waals surface area (Å²) >= 11 is 0. The standard InChI is InChI=1S/C28H20FN3O3/c1-17(33)30-21-14-12-19(13-15-21)25-26(31-24-11-4-7-18-6-2-3-10-23(18)24)28(35)32(27(25)34)22-9-5-8-20(29)16-22/h2-16,31H,1H3,(H,30,33).